The van der Waals surface area contributed by atoms with Gasteiger partial charge < -0.3 is 5.73 Å². The molecule has 0 saturated heterocycles. The van der Waals surface area contributed by atoms with Crippen LogP contribution >= 0.6 is 0 Å². The first-order chi connectivity index (χ1) is 6.25. The SMILES string of the molecule is CC.CCCc1cccc(N)c1C. The van der Waals surface area contributed by atoms with E-state index in [2.05, 4.69) is 19.9 Å². The van der Waals surface area contributed by atoms with Gasteiger partial charge in [0.2, 0.25) is 0 Å². The standard InChI is InChI=1S/C10H15N.C2H6/c1-3-5-9-6-4-7-10(11)8(9)2;1-2/h4,6-7H,3,5,11H2,1-2H3;1-2H3. The summed E-state index contributed by atoms with van der Waals surface area (Å²) in [4.78, 5) is 0. The Labute approximate surface area is 82.0 Å². The molecule has 1 aromatic rings. The number of hydrogen-bond acceptors (Lipinski definition) is 1. The van der Waals surface area contributed by atoms with Crippen LogP contribution in [0, 0.1) is 6.92 Å². The highest BCUT2D eigenvalue weighted by Crippen LogP contribution is 2.16. The van der Waals surface area contributed by atoms with E-state index in [-0.39, 0.29) is 0 Å². The lowest BCUT2D eigenvalue weighted by molar-refractivity contribution is 0.913. The maximum Gasteiger partial charge on any atom is 0.0346 e. The monoisotopic (exact) mass is 179 g/mol. The molecule has 1 aromatic carbocycles. The first-order valence-corrected chi connectivity index (χ1v) is 5.09. The van der Waals surface area contributed by atoms with Gasteiger partial charge in [0.05, 0.1) is 0 Å². The first kappa shape index (κ1) is 12.0. The summed E-state index contributed by atoms with van der Waals surface area (Å²) in [6.45, 7) is 8.27. The maximum atomic E-state index is 5.75. The predicted molar refractivity (Wildman–Crippen MR) is 60.9 cm³/mol. The van der Waals surface area contributed by atoms with Crippen molar-refractivity contribution >= 4 is 5.69 Å². The van der Waals surface area contributed by atoms with E-state index in [0.717, 1.165) is 12.1 Å². The Morgan fingerprint density at radius 3 is 2.38 bits per heavy atom. The van der Waals surface area contributed by atoms with Gasteiger partial charge in [0.25, 0.3) is 0 Å². The number of nitrogens with two attached hydrogens (primary N) is 1. The summed E-state index contributed by atoms with van der Waals surface area (Å²) < 4.78 is 0. The second-order valence-electron chi connectivity index (χ2n) is 2.88. The number of anilines is 1. The van der Waals surface area contributed by atoms with Crippen LogP contribution in [-0.2, 0) is 6.42 Å². The fourth-order valence-electron chi connectivity index (χ4n) is 1.24. The van der Waals surface area contributed by atoms with Crippen LogP contribution in [0.15, 0.2) is 18.2 Å². The van der Waals surface area contributed by atoms with Crippen LogP contribution in [-0.4, -0.2) is 0 Å². The number of hydrogen-bond donors (Lipinski definition) is 1. The van der Waals surface area contributed by atoms with E-state index in [1.807, 2.05) is 26.0 Å². The van der Waals surface area contributed by atoms with E-state index < -0.39 is 0 Å². The Bertz CT molecular complexity index is 241. The lowest BCUT2D eigenvalue weighted by Gasteiger charge is -2.05. The Kier molecular flexibility index (Phi) is 6.03. The minimum atomic E-state index is 0.913. The van der Waals surface area contributed by atoms with Crippen molar-refractivity contribution in [2.75, 3.05) is 5.73 Å². The second-order valence-corrected chi connectivity index (χ2v) is 2.88. The van der Waals surface area contributed by atoms with Gasteiger partial charge >= 0.3 is 0 Å². The molecule has 0 radical (unpaired) electrons. The molecule has 0 aliphatic rings. The smallest absolute Gasteiger partial charge is 0.0346 e. The Morgan fingerprint density at radius 2 is 1.85 bits per heavy atom. The van der Waals surface area contributed by atoms with Crippen molar-refractivity contribution in [3.05, 3.63) is 29.3 Å². The Hall–Kier alpha value is -0.980. The molecule has 1 rings (SSSR count). The summed E-state index contributed by atoms with van der Waals surface area (Å²) in [5.74, 6) is 0. The highest BCUT2D eigenvalue weighted by molar-refractivity contribution is 5.49. The van der Waals surface area contributed by atoms with E-state index in [1.54, 1.807) is 0 Å². The van der Waals surface area contributed by atoms with Crippen molar-refractivity contribution in [2.45, 2.75) is 40.5 Å². The zero-order valence-corrected chi connectivity index (χ0v) is 9.22. The number of aryl methyl sites for hydroxylation is 1. The fraction of sp³-hybridized carbons (Fsp3) is 0.500. The van der Waals surface area contributed by atoms with Crippen molar-refractivity contribution in [3.8, 4) is 0 Å². The topological polar surface area (TPSA) is 26.0 Å². The molecule has 0 spiro atoms. The molecule has 0 heterocycles. The van der Waals surface area contributed by atoms with Crippen LogP contribution in [0.4, 0.5) is 5.69 Å². The van der Waals surface area contributed by atoms with Gasteiger partial charge in [-0.15, -0.1) is 0 Å². The van der Waals surface area contributed by atoms with Crippen molar-refractivity contribution in [1.82, 2.24) is 0 Å². The van der Waals surface area contributed by atoms with Crippen molar-refractivity contribution in [3.63, 3.8) is 0 Å². The molecule has 0 bridgehead atoms. The van der Waals surface area contributed by atoms with Gasteiger partial charge in [0.15, 0.2) is 0 Å². The summed E-state index contributed by atoms with van der Waals surface area (Å²) in [5, 5.41) is 0. The van der Waals surface area contributed by atoms with Crippen LogP contribution < -0.4 is 5.73 Å². The van der Waals surface area contributed by atoms with Gasteiger partial charge in [-0.25, -0.2) is 0 Å². The molecule has 2 N–H and O–H groups in total. The first-order valence-electron chi connectivity index (χ1n) is 5.09. The lowest BCUT2D eigenvalue weighted by Crippen LogP contribution is -1.94. The zero-order valence-electron chi connectivity index (χ0n) is 9.22. The molecular formula is C12H21N. The Balaban J connectivity index is 0.000000671. The molecule has 1 heteroatoms. The maximum absolute atomic E-state index is 5.75. The van der Waals surface area contributed by atoms with Crippen molar-refractivity contribution in [1.29, 1.82) is 0 Å². The summed E-state index contributed by atoms with van der Waals surface area (Å²) >= 11 is 0. The minimum absolute atomic E-state index is 0.913. The van der Waals surface area contributed by atoms with E-state index in [9.17, 15) is 0 Å². The quantitative estimate of drug-likeness (QED) is 0.690. The van der Waals surface area contributed by atoms with Gasteiger partial charge in [-0.3, -0.25) is 0 Å². The molecule has 0 fully saturated rings. The molecule has 0 unspecified atom stereocenters. The lowest BCUT2D eigenvalue weighted by atomic mass is 10.0. The molecule has 0 saturated carbocycles. The molecule has 1 nitrogen and oxygen atoms in total. The van der Waals surface area contributed by atoms with E-state index in [4.69, 9.17) is 5.73 Å². The average Bonchev–Trinajstić information content (AvgIpc) is 2.17. The minimum Gasteiger partial charge on any atom is -0.399 e. The van der Waals surface area contributed by atoms with Gasteiger partial charge in [-0.05, 0) is 30.5 Å². The Morgan fingerprint density at radius 1 is 1.23 bits per heavy atom. The third-order valence-electron chi connectivity index (χ3n) is 2.01. The fourth-order valence-corrected chi connectivity index (χ4v) is 1.24. The third kappa shape index (κ3) is 3.49. The summed E-state index contributed by atoms with van der Waals surface area (Å²) in [5.41, 5.74) is 9.29. The van der Waals surface area contributed by atoms with E-state index in [1.165, 1.54) is 17.5 Å². The van der Waals surface area contributed by atoms with Gasteiger partial charge in [0.1, 0.15) is 0 Å². The number of rotatable bonds is 2. The van der Waals surface area contributed by atoms with E-state index in [0.29, 0.717) is 0 Å². The number of nitrogen functional groups attached to an aromatic ring is 1. The zero-order chi connectivity index (χ0) is 10.3. The van der Waals surface area contributed by atoms with Crippen LogP contribution in [0.25, 0.3) is 0 Å². The summed E-state index contributed by atoms with van der Waals surface area (Å²) in [6, 6.07) is 6.12. The molecule has 0 aromatic heterocycles. The molecular weight excluding hydrogens is 158 g/mol. The molecule has 0 aliphatic carbocycles. The van der Waals surface area contributed by atoms with Gasteiger partial charge in [0, 0.05) is 5.69 Å². The summed E-state index contributed by atoms with van der Waals surface area (Å²) in [6.07, 6.45) is 2.32. The summed E-state index contributed by atoms with van der Waals surface area (Å²) in [7, 11) is 0. The molecule has 0 atom stereocenters. The predicted octanol–water partition coefficient (Wildman–Crippen LogP) is 3.56. The second kappa shape index (κ2) is 6.53. The van der Waals surface area contributed by atoms with Crippen LogP contribution in [0.5, 0.6) is 0 Å². The van der Waals surface area contributed by atoms with Crippen molar-refractivity contribution < 1.29 is 0 Å². The van der Waals surface area contributed by atoms with Crippen LogP contribution in [0.2, 0.25) is 0 Å². The molecule has 0 aliphatic heterocycles. The molecule has 74 valence electrons. The third-order valence-corrected chi connectivity index (χ3v) is 2.01. The number of benzene rings is 1. The van der Waals surface area contributed by atoms with Gasteiger partial charge in [-0.2, -0.15) is 0 Å². The highest BCUT2D eigenvalue weighted by Gasteiger charge is 1.98. The molecule has 13 heavy (non-hydrogen) atoms. The van der Waals surface area contributed by atoms with Crippen LogP contribution in [0.1, 0.15) is 38.3 Å². The highest BCUT2D eigenvalue weighted by atomic mass is 14.6. The van der Waals surface area contributed by atoms with Gasteiger partial charge in [-0.1, -0.05) is 39.3 Å². The molecule has 0 amide bonds. The van der Waals surface area contributed by atoms with Crippen molar-refractivity contribution in [2.24, 2.45) is 0 Å². The van der Waals surface area contributed by atoms with E-state index >= 15 is 0 Å². The van der Waals surface area contributed by atoms with Crippen LogP contribution in [0.3, 0.4) is 0 Å². The largest absolute Gasteiger partial charge is 0.399 e. The average molecular weight is 179 g/mol. The normalized spacial score (nSPS) is 8.92.